The minimum Gasteiger partial charge on any atom is -0.382 e. The van der Waals surface area contributed by atoms with Crippen molar-refractivity contribution in [2.24, 2.45) is 17.5 Å². The molecular weight excluding hydrogens is 507 g/mol. The van der Waals surface area contributed by atoms with Crippen LogP contribution in [0.2, 0.25) is 0 Å². The second-order valence-electron chi connectivity index (χ2n) is 8.53. The number of halogens is 1. The second-order valence-corrected chi connectivity index (χ2v) is 8.53. The molecule has 8 nitrogen and oxygen atoms in total. The Hall–Kier alpha value is -0.940. The summed E-state index contributed by atoms with van der Waals surface area (Å²) < 4.78 is 13.6. The highest BCUT2D eigenvalue weighted by Crippen LogP contribution is 2.53. The summed E-state index contributed by atoms with van der Waals surface area (Å²) in [5, 5.41) is 15.7. The SMILES string of the molecule is CCOCCCNC(=NCc1nnc(C)n1C)NC1CC(OCC)C12CCCCC2.I. The summed E-state index contributed by atoms with van der Waals surface area (Å²) in [7, 11) is 1.98. The molecule has 0 radical (unpaired) electrons. The third-order valence-electron chi connectivity index (χ3n) is 6.77. The summed E-state index contributed by atoms with van der Waals surface area (Å²) in [6.07, 6.45) is 8.81. The predicted octanol–water partition coefficient (Wildman–Crippen LogP) is 3.33. The molecule has 2 atom stereocenters. The number of hydrogen-bond acceptors (Lipinski definition) is 5. The minimum absolute atomic E-state index is 0. The van der Waals surface area contributed by atoms with Crippen LogP contribution in [-0.2, 0) is 23.1 Å². The Labute approximate surface area is 204 Å². The third kappa shape index (κ3) is 6.54. The highest BCUT2D eigenvalue weighted by atomic mass is 127. The molecule has 3 rings (SSSR count). The minimum atomic E-state index is 0. The summed E-state index contributed by atoms with van der Waals surface area (Å²) in [6.45, 7) is 9.74. The van der Waals surface area contributed by atoms with E-state index >= 15 is 0 Å². The predicted molar refractivity (Wildman–Crippen MR) is 134 cm³/mol. The molecule has 2 unspecified atom stereocenters. The van der Waals surface area contributed by atoms with Gasteiger partial charge in [-0.15, -0.1) is 34.2 Å². The van der Waals surface area contributed by atoms with Crippen LogP contribution < -0.4 is 10.6 Å². The summed E-state index contributed by atoms with van der Waals surface area (Å²) in [4.78, 5) is 4.85. The lowest BCUT2D eigenvalue weighted by molar-refractivity contribution is -0.145. The van der Waals surface area contributed by atoms with Crippen LogP contribution in [0, 0.1) is 12.3 Å². The second kappa shape index (κ2) is 12.9. The van der Waals surface area contributed by atoms with Gasteiger partial charge in [-0.3, -0.25) is 0 Å². The lowest BCUT2D eigenvalue weighted by atomic mass is 9.55. The fraction of sp³-hybridized carbons (Fsp3) is 0.864. The van der Waals surface area contributed by atoms with Crippen LogP contribution in [0.15, 0.2) is 4.99 Å². The Morgan fingerprint density at radius 3 is 2.61 bits per heavy atom. The Bertz CT molecular complexity index is 690. The Kier molecular flexibility index (Phi) is 11.0. The molecule has 2 aliphatic rings. The number of aliphatic imine (C=N–C) groups is 1. The largest absolute Gasteiger partial charge is 0.382 e. The molecule has 0 saturated heterocycles. The molecule has 0 amide bonds. The standard InChI is InChI=1S/C22H40N6O2.HI/c1-5-29-14-10-13-23-21(24-16-20-27-26-17(3)28(20)4)25-18-15-19(30-6-2)22(18)11-8-7-9-12-22;/h18-19H,5-16H2,1-4H3,(H2,23,24,25);1H. The summed E-state index contributed by atoms with van der Waals surface area (Å²) in [5.74, 6) is 2.63. The molecule has 2 fully saturated rings. The third-order valence-corrected chi connectivity index (χ3v) is 6.77. The van der Waals surface area contributed by atoms with Gasteiger partial charge in [0.15, 0.2) is 11.8 Å². The van der Waals surface area contributed by atoms with Crippen molar-refractivity contribution in [1.82, 2.24) is 25.4 Å². The maximum absolute atomic E-state index is 6.12. The van der Waals surface area contributed by atoms with Gasteiger partial charge in [0.2, 0.25) is 0 Å². The average molecular weight is 549 g/mol. The number of nitrogens with one attached hydrogen (secondary N) is 2. The zero-order valence-corrected chi connectivity index (χ0v) is 22.0. The molecule has 0 bridgehead atoms. The van der Waals surface area contributed by atoms with Crippen molar-refractivity contribution in [1.29, 1.82) is 0 Å². The molecule has 178 valence electrons. The van der Waals surface area contributed by atoms with Crippen LogP contribution in [-0.4, -0.2) is 59.2 Å². The van der Waals surface area contributed by atoms with Gasteiger partial charge in [0.05, 0.1) is 6.10 Å². The number of guanidine groups is 1. The lowest BCUT2D eigenvalue weighted by Gasteiger charge is -2.58. The zero-order chi connectivity index (χ0) is 21.4. The van der Waals surface area contributed by atoms with E-state index < -0.39 is 0 Å². The first-order chi connectivity index (χ1) is 14.6. The molecule has 1 aromatic heterocycles. The quantitative estimate of drug-likeness (QED) is 0.202. The lowest BCUT2D eigenvalue weighted by Crippen LogP contribution is -2.66. The monoisotopic (exact) mass is 548 g/mol. The Balaban J connectivity index is 0.00000341. The van der Waals surface area contributed by atoms with Gasteiger partial charge in [0.25, 0.3) is 0 Å². The van der Waals surface area contributed by atoms with Crippen LogP contribution in [0.25, 0.3) is 0 Å². The van der Waals surface area contributed by atoms with Gasteiger partial charge in [-0.2, -0.15) is 0 Å². The molecule has 2 saturated carbocycles. The molecular formula is C22H41IN6O2. The van der Waals surface area contributed by atoms with Gasteiger partial charge in [0.1, 0.15) is 12.4 Å². The van der Waals surface area contributed by atoms with Crippen molar-refractivity contribution >= 4 is 29.9 Å². The first-order valence-electron chi connectivity index (χ1n) is 11.7. The van der Waals surface area contributed by atoms with Crippen LogP contribution in [0.3, 0.4) is 0 Å². The molecule has 1 spiro atoms. The van der Waals surface area contributed by atoms with E-state index in [-0.39, 0.29) is 29.4 Å². The average Bonchev–Trinajstić information content (AvgIpc) is 3.08. The number of ether oxygens (including phenoxy) is 2. The maximum atomic E-state index is 6.12. The van der Waals surface area contributed by atoms with Crippen molar-refractivity contribution in [2.75, 3.05) is 26.4 Å². The highest BCUT2D eigenvalue weighted by molar-refractivity contribution is 14.0. The molecule has 0 aliphatic heterocycles. The zero-order valence-electron chi connectivity index (χ0n) is 19.7. The van der Waals surface area contributed by atoms with E-state index in [1.165, 1.54) is 32.1 Å². The molecule has 2 N–H and O–H groups in total. The van der Waals surface area contributed by atoms with E-state index in [2.05, 4.69) is 27.8 Å². The first-order valence-corrected chi connectivity index (χ1v) is 11.7. The molecule has 9 heteroatoms. The van der Waals surface area contributed by atoms with Crippen molar-refractivity contribution in [3.05, 3.63) is 11.6 Å². The van der Waals surface area contributed by atoms with E-state index in [4.69, 9.17) is 14.5 Å². The van der Waals surface area contributed by atoms with Crippen LogP contribution in [0.4, 0.5) is 0 Å². The van der Waals surface area contributed by atoms with Gasteiger partial charge in [0, 0.05) is 44.9 Å². The maximum Gasteiger partial charge on any atom is 0.191 e. The van der Waals surface area contributed by atoms with Crippen molar-refractivity contribution in [3.8, 4) is 0 Å². The number of rotatable bonds is 10. The number of hydrogen-bond donors (Lipinski definition) is 2. The van der Waals surface area contributed by atoms with Gasteiger partial charge in [-0.05, 0) is 46.5 Å². The van der Waals surface area contributed by atoms with Crippen molar-refractivity contribution < 1.29 is 9.47 Å². The van der Waals surface area contributed by atoms with E-state index in [1.807, 2.05) is 25.5 Å². The van der Waals surface area contributed by atoms with Gasteiger partial charge in [-0.25, -0.2) is 4.99 Å². The van der Waals surface area contributed by atoms with E-state index in [9.17, 15) is 0 Å². The molecule has 1 aromatic rings. The van der Waals surface area contributed by atoms with Crippen LogP contribution in [0.5, 0.6) is 0 Å². The van der Waals surface area contributed by atoms with E-state index in [1.54, 1.807) is 0 Å². The summed E-state index contributed by atoms with van der Waals surface area (Å²) in [6, 6.07) is 0.411. The first kappa shape index (κ1) is 26.3. The normalized spacial score (nSPS) is 22.6. The fourth-order valence-electron chi connectivity index (χ4n) is 4.85. The van der Waals surface area contributed by atoms with Gasteiger partial charge < -0.3 is 24.7 Å². The van der Waals surface area contributed by atoms with Gasteiger partial charge >= 0.3 is 0 Å². The smallest absolute Gasteiger partial charge is 0.191 e. The number of aromatic nitrogens is 3. The van der Waals surface area contributed by atoms with Crippen molar-refractivity contribution in [2.45, 2.75) is 84.4 Å². The van der Waals surface area contributed by atoms with E-state index in [0.717, 1.165) is 56.8 Å². The Morgan fingerprint density at radius 1 is 1.19 bits per heavy atom. The molecule has 31 heavy (non-hydrogen) atoms. The van der Waals surface area contributed by atoms with Gasteiger partial charge in [-0.1, -0.05) is 19.3 Å². The number of nitrogens with zero attached hydrogens (tertiary/aromatic N) is 4. The highest BCUT2D eigenvalue weighted by Gasteiger charge is 2.55. The Morgan fingerprint density at radius 2 is 1.97 bits per heavy atom. The summed E-state index contributed by atoms with van der Waals surface area (Å²) >= 11 is 0. The molecule has 1 heterocycles. The molecule has 0 aromatic carbocycles. The molecule has 2 aliphatic carbocycles. The van der Waals surface area contributed by atoms with Crippen LogP contribution in [0.1, 0.15) is 70.4 Å². The van der Waals surface area contributed by atoms with E-state index in [0.29, 0.717) is 18.7 Å². The summed E-state index contributed by atoms with van der Waals surface area (Å²) in [5.41, 5.74) is 0.253. The van der Waals surface area contributed by atoms with Crippen molar-refractivity contribution in [3.63, 3.8) is 0 Å². The fourth-order valence-corrected chi connectivity index (χ4v) is 4.85. The topological polar surface area (TPSA) is 85.6 Å². The number of aryl methyl sites for hydroxylation is 1. The van der Waals surface area contributed by atoms with Crippen LogP contribution >= 0.6 is 24.0 Å².